The Bertz CT molecular complexity index is 1660. The van der Waals surface area contributed by atoms with Crippen molar-refractivity contribution in [1.82, 2.24) is 39.3 Å². The number of carboxylic acid groups (broad SMARTS) is 1. The van der Waals surface area contributed by atoms with Gasteiger partial charge >= 0.3 is 5.97 Å². The molecule has 6 rings (SSSR count). The van der Waals surface area contributed by atoms with Crippen LogP contribution in [0.25, 0.3) is 33.3 Å². The van der Waals surface area contributed by atoms with E-state index < -0.39 is 5.97 Å². The van der Waals surface area contributed by atoms with Gasteiger partial charge in [0.15, 0.2) is 5.69 Å². The lowest BCUT2D eigenvalue weighted by atomic mass is 9.88. The molecular formula is C26H28N8O4. The molecule has 0 aromatic carbocycles. The number of hydrogen-bond donors (Lipinski definition) is 1. The number of carboxylic acids is 1. The molecule has 1 aliphatic rings. The van der Waals surface area contributed by atoms with Crippen LogP contribution in [0.15, 0.2) is 30.6 Å². The molecule has 0 bridgehead atoms. The van der Waals surface area contributed by atoms with Gasteiger partial charge < -0.3 is 19.1 Å². The third kappa shape index (κ3) is 3.63. The highest BCUT2D eigenvalue weighted by Gasteiger charge is 2.36. The minimum atomic E-state index is -1.11. The normalized spacial score (nSPS) is 15.4. The molecule has 0 radical (unpaired) electrons. The summed E-state index contributed by atoms with van der Waals surface area (Å²) in [4.78, 5) is 22.1. The standard InChI is InChI=1S/C26H28N8O4/c1-14-22(33(3)31-29-14)16-12-17-19(28-13-16)24-25(21(26(35)36)30-32(24)2)34(17)23(15-7-10-38-11-8-15)20-18(37-4)6-5-9-27-20/h5-6,9,12-13,15,23H,7-8,10-11H2,1-4H3,(H,35,36). The van der Waals surface area contributed by atoms with Crippen LogP contribution in [0, 0.1) is 12.8 Å². The quantitative estimate of drug-likeness (QED) is 0.361. The fourth-order valence-corrected chi connectivity index (χ4v) is 5.75. The van der Waals surface area contributed by atoms with Gasteiger partial charge in [-0.1, -0.05) is 5.21 Å². The minimum Gasteiger partial charge on any atom is -0.495 e. The van der Waals surface area contributed by atoms with Crippen LogP contribution in [0.3, 0.4) is 0 Å². The molecule has 12 nitrogen and oxygen atoms in total. The van der Waals surface area contributed by atoms with Crippen molar-refractivity contribution < 1.29 is 19.4 Å². The van der Waals surface area contributed by atoms with Crippen molar-refractivity contribution in [3.8, 4) is 17.0 Å². The van der Waals surface area contributed by atoms with Crippen LogP contribution in [0.1, 0.15) is 40.8 Å². The molecule has 6 heterocycles. The number of methoxy groups -OCH3 is 1. The molecule has 5 aromatic heterocycles. The maximum atomic E-state index is 12.5. The second-order valence-corrected chi connectivity index (χ2v) is 9.57. The smallest absolute Gasteiger partial charge is 0.358 e. The van der Waals surface area contributed by atoms with Gasteiger partial charge in [0.05, 0.1) is 30.1 Å². The first-order valence-electron chi connectivity index (χ1n) is 12.4. The van der Waals surface area contributed by atoms with Gasteiger partial charge in [0.1, 0.15) is 28.0 Å². The SMILES string of the molecule is COc1cccnc1C(C1CCOCC1)n1c2cc(-c3c(C)nnn3C)cnc2c2c1c(C(=O)O)nn2C. The summed E-state index contributed by atoms with van der Waals surface area (Å²) in [6.45, 7) is 3.12. The maximum Gasteiger partial charge on any atom is 0.358 e. The fourth-order valence-electron chi connectivity index (χ4n) is 5.75. The number of ether oxygens (including phenoxy) is 2. The van der Waals surface area contributed by atoms with Crippen molar-refractivity contribution >= 4 is 28.0 Å². The molecule has 1 saturated heterocycles. The molecule has 5 aromatic rings. The average Bonchev–Trinajstić information content (AvgIpc) is 3.56. The summed E-state index contributed by atoms with van der Waals surface area (Å²) in [5.41, 5.74) is 5.72. The molecule has 1 aliphatic heterocycles. The topological polar surface area (TPSA) is 135 Å². The highest BCUT2D eigenvalue weighted by atomic mass is 16.5. The maximum absolute atomic E-state index is 12.5. The van der Waals surface area contributed by atoms with E-state index in [1.165, 1.54) is 0 Å². The zero-order valence-corrected chi connectivity index (χ0v) is 21.6. The number of aromatic carboxylic acids is 1. The molecular weight excluding hydrogens is 488 g/mol. The van der Waals surface area contributed by atoms with Crippen molar-refractivity contribution in [1.29, 1.82) is 0 Å². The second-order valence-electron chi connectivity index (χ2n) is 9.57. The lowest BCUT2D eigenvalue weighted by Crippen LogP contribution is -2.28. The van der Waals surface area contributed by atoms with E-state index in [1.807, 2.05) is 32.2 Å². The number of aryl methyl sites for hydroxylation is 3. The van der Waals surface area contributed by atoms with Crippen LogP contribution in [-0.4, -0.2) is 70.7 Å². The molecule has 1 atom stereocenters. The molecule has 0 amide bonds. The van der Waals surface area contributed by atoms with Crippen molar-refractivity contribution in [2.24, 2.45) is 20.0 Å². The zero-order valence-electron chi connectivity index (χ0n) is 21.6. The number of carbonyl (C=O) groups is 1. The van der Waals surface area contributed by atoms with Gasteiger partial charge in [-0.05, 0) is 43.9 Å². The zero-order chi connectivity index (χ0) is 26.6. The van der Waals surface area contributed by atoms with E-state index in [0.29, 0.717) is 35.5 Å². The highest BCUT2D eigenvalue weighted by molar-refractivity contribution is 6.11. The first kappa shape index (κ1) is 24.0. The number of rotatable bonds is 6. The Labute approximate surface area is 217 Å². The van der Waals surface area contributed by atoms with Gasteiger partial charge in [-0.2, -0.15) is 5.10 Å². The number of pyridine rings is 2. The summed E-state index contributed by atoms with van der Waals surface area (Å²) in [7, 11) is 5.20. The predicted molar refractivity (Wildman–Crippen MR) is 138 cm³/mol. The molecule has 12 heteroatoms. The van der Waals surface area contributed by atoms with Gasteiger partial charge in [-0.25, -0.2) is 9.48 Å². The molecule has 1 N–H and O–H groups in total. The van der Waals surface area contributed by atoms with E-state index in [1.54, 1.807) is 35.9 Å². The van der Waals surface area contributed by atoms with Gasteiger partial charge in [0.25, 0.3) is 0 Å². The summed E-state index contributed by atoms with van der Waals surface area (Å²) in [5, 5.41) is 22.9. The summed E-state index contributed by atoms with van der Waals surface area (Å²) in [6.07, 6.45) is 5.08. The van der Waals surface area contributed by atoms with Gasteiger partial charge in [0, 0.05) is 45.3 Å². The van der Waals surface area contributed by atoms with Gasteiger partial charge in [-0.15, -0.1) is 5.10 Å². The van der Waals surface area contributed by atoms with Crippen molar-refractivity contribution in [3.05, 3.63) is 47.7 Å². The Morgan fingerprint density at radius 3 is 2.66 bits per heavy atom. The summed E-state index contributed by atoms with van der Waals surface area (Å²) in [6, 6.07) is 5.39. The van der Waals surface area contributed by atoms with Crippen LogP contribution < -0.4 is 4.74 Å². The minimum absolute atomic E-state index is 0.0348. The van der Waals surface area contributed by atoms with E-state index in [0.717, 1.165) is 41.0 Å². The first-order chi connectivity index (χ1) is 18.4. The summed E-state index contributed by atoms with van der Waals surface area (Å²) < 4.78 is 16.8. The Balaban J connectivity index is 1.74. The van der Waals surface area contributed by atoms with Gasteiger partial charge in [-0.3, -0.25) is 14.6 Å². The summed E-state index contributed by atoms with van der Waals surface area (Å²) in [5.74, 6) is -0.363. The molecule has 1 unspecified atom stereocenters. The lowest BCUT2D eigenvalue weighted by Gasteiger charge is -2.32. The number of hydrogen-bond acceptors (Lipinski definition) is 8. The molecule has 38 heavy (non-hydrogen) atoms. The molecule has 1 fully saturated rings. The first-order valence-corrected chi connectivity index (χ1v) is 12.4. The summed E-state index contributed by atoms with van der Waals surface area (Å²) >= 11 is 0. The van der Waals surface area contributed by atoms with E-state index in [2.05, 4.69) is 20.0 Å². The molecule has 0 saturated carbocycles. The number of aromatic nitrogens is 8. The Morgan fingerprint density at radius 2 is 1.97 bits per heavy atom. The number of fused-ring (bicyclic) bond motifs is 3. The molecule has 0 spiro atoms. The molecule has 0 aliphatic carbocycles. The predicted octanol–water partition coefficient (Wildman–Crippen LogP) is 3.14. The monoisotopic (exact) mass is 516 g/mol. The van der Waals surface area contributed by atoms with E-state index >= 15 is 0 Å². The molecule has 196 valence electrons. The van der Waals surface area contributed by atoms with Crippen LogP contribution in [0.4, 0.5) is 0 Å². The largest absolute Gasteiger partial charge is 0.495 e. The Hall–Kier alpha value is -4.32. The van der Waals surface area contributed by atoms with E-state index in [4.69, 9.17) is 19.4 Å². The van der Waals surface area contributed by atoms with Crippen LogP contribution in [-0.2, 0) is 18.8 Å². The van der Waals surface area contributed by atoms with E-state index in [-0.39, 0.29) is 17.7 Å². The van der Waals surface area contributed by atoms with Crippen molar-refractivity contribution in [2.45, 2.75) is 25.8 Å². The van der Waals surface area contributed by atoms with Crippen molar-refractivity contribution in [3.63, 3.8) is 0 Å². The van der Waals surface area contributed by atoms with Crippen LogP contribution in [0.2, 0.25) is 0 Å². The fraction of sp³-hybridized carbons (Fsp3) is 0.385. The van der Waals surface area contributed by atoms with E-state index in [9.17, 15) is 9.90 Å². The lowest BCUT2D eigenvalue weighted by molar-refractivity contribution is 0.0543. The van der Waals surface area contributed by atoms with Gasteiger partial charge in [0.2, 0.25) is 0 Å². The van der Waals surface area contributed by atoms with Crippen molar-refractivity contribution in [2.75, 3.05) is 20.3 Å². The third-order valence-electron chi connectivity index (χ3n) is 7.38. The Morgan fingerprint density at radius 1 is 1.18 bits per heavy atom. The third-order valence-corrected chi connectivity index (χ3v) is 7.38. The average molecular weight is 517 g/mol. The second kappa shape index (κ2) is 9.21. The van der Waals surface area contributed by atoms with Crippen LogP contribution in [0.5, 0.6) is 5.75 Å². The van der Waals surface area contributed by atoms with Crippen LogP contribution >= 0.6 is 0 Å². The number of nitrogens with zero attached hydrogens (tertiary/aromatic N) is 8. The Kier molecular flexibility index (Phi) is 5.83. The highest BCUT2D eigenvalue weighted by Crippen LogP contribution is 2.43.